The van der Waals surface area contributed by atoms with Crippen molar-refractivity contribution in [1.29, 1.82) is 0 Å². The molecule has 2 atom stereocenters. The summed E-state index contributed by atoms with van der Waals surface area (Å²) in [7, 11) is 0. The first kappa shape index (κ1) is 16.0. The number of benzene rings is 1. The van der Waals surface area contributed by atoms with Crippen LogP contribution in [-0.4, -0.2) is 12.1 Å². The average molecular weight is 342 g/mol. The fourth-order valence-electron chi connectivity index (χ4n) is 3.07. The van der Waals surface area contributed by atoms with Crippen LogP contribution >= 0.6 is 15.9 Å². The second kappa shape index (κ2) is 6.57. The third-order valence-electron chi connectivity index (χ3n) is 4.20. The van der Waals surface area contributed by atoms with Gasteiger partial charge in [0.05, 0.1) is 0 Å². The highest BCUT2D eigenvalue weighted by atomic mass is 79.9. The normalized spacial score (nSPS) is 23.2. The summed E-state index contributed by atoms with van der Waals surface area (Å²) in [5.41, 5.74) is 1.28. The number of rotatable bonds is 4. The highest BCUT2D eigenvalue weighted by Crippen LogP contribution is 2.35. The SMILES string of the molecule is CC(C)(C)NCC1CCCC1Cc1cc(F)ccc1Br. The molecule has 0 radical (unpaired) electrons. The summed E-state index contributed by atoms with van der Waals surface area (Å²) in [6.45, 7) is 7.70. The molecular weight excluding hydrogens is 317 g/mol. The predicted octanol–water partition coefficient (Wildman–Crippen LogP) is 4.94. The van der Waals surface area contributed by atoms with Crippen molar-refractivity contribution in [3.63, 3.8) is 0 Å². The first-order chi connectivity index (χ1) is 9.35. The fraction of sp³-hybridized carbons (Fsp3) is 0.647. The van der Waals surface area contributed by atoms with E-state index in [-0.39, 0.29) is 11.4 Å². The highest BCUT2D eigenvalue weighted by Gasteiger charge is 2.28. The van der Waals surface area contributed by atoms with Crippen LogP contribution in [0.3, 0.4) is 0 Å². The van der Waals surface area contributed by atoms with Crippen LogP contribution in [0.25, 0.3) is 0 Å². The lowest BCUT2D eigenvalue weighted by Gasteiger charge is -2.26. The summed E-state index contributed by atoms with van der Waals surface area (Å²) < 4.78 is 14.4. The van der Waals surface area contributed by atoms with Gasteiger partial charge in [0.1, 0.15) is 5.82 Å². The largest absolute Gasteiger partial charge is 0.312 e. The van der Waals surface area contributed by atoms with Gasteiger partial charge in [-0.3, -0.25) is 0 Å². The van der Waals surface area contributed by atoms with Crippen molar-refractivity contribution < 1.29 is 4.39 Å². The molecule has 0 aromatic heterocycles. The molecule has 112 valence electrons. The molecule has 1 aromatic carbocycles. The quantitative estimate of drug-likeness (QED) is 0.818. The second-order valence-corrected chi connectivity index (χ2v) is 7.88. The van der Waals surface area contributed by atoms with Crippen molar-refractivity contribution in [3.05, 3.63) is 34.1 Å². The van der Waals surface area contributed by atoms with Gasteiger partial charge in [-0.2, -0.15) is 0 Å². The summed E-state index contributed by atoms with van der Waals surface area (Å²) >= 11 is 3.55. The number of hydrogen-bond donors (Lipinski definition) is 1. The molecule has 0 bridgehead atoms. The van der Waals surface area contributed by atoms with E-state index >= 15 is 0 Å². The lowest BCUT2D eigenvalue weighted by molar-refractivity contribution is 0.317. The van der Waals surface area contributed by atoms with Crippen LogP contribution in [0.1, 0.15) is 45.6 Å². The van der Waals surface area contributed by atoms with Crippen LogP contribution in [-0.2, 0) is 6.42 Å². The van der Waals surface area contributed by atoms with Gasteiger partial charge in [-0.1, -0.05) is 22.4 Å². The third kappa shape index (κ3) is 4.56. The first-order valence-corrected chi connectivity index (χ1v) is 8.33. The van der Waals surface area contributed by atoms with E-state index in [1.807, 2.05) is 6.07 Å². The van der Waals surface area contributed by atoms with Crippen LogP contribution < -0.4 is 5.32 Å². The van der Waals surface area contributed by atoms with Crippen molar-refractivity contribution in [3.8, 4) is 0 Å². The molecule has 1 N–H and O–H groups in total. The molecule has 0 amide bonds. The van der Waals surface area contributed by atoms with Crippen molar-refractivity contribution in [2.45, 2.75) is 52.0 Å². The summed E-state index contributed by atoms with van der Waals surface area (Å²) in [6, 6.07) is 5.01. The summed E-state index contributed by atoms with van der Waals surface area (Å²) in [5, 5.41) is 3.62. The van der Waals surface area contributed by atoms with Gasteiger partial charge in [-0.25, -0.2) is 4.39 Å². The minimum absolute atomic E-state index is 0.134. The Morgan fingerprint density at radius 2 is 1.95 bits per heavy atom. The summed E-state index contributed by atoms with van der Waals surface area (Å²) in [4.78, 5) is 0. The molecule has 1 aliphatic carbocycles. The van der Waals surface area contributed by atoms with Gasteiger partial charge in [0.15, 0.2) is 0 Å². The van der Waals surface area contributed by atoms with E-state index in [0.717, 1.165) is 23.0 Å². The number of hydrogen-bond acceptors (Lipinski definition) is 1. The van der Waals surface area contributed by atoms with Gasteiger partial charge in [0, 0.05) is 10.0 Å². The molecule has 1 fully saturated rings. The maximum Gasteiger partial charge on any atom is 0.123 e. The van der Waals surface area contributed by atoms with E-state index in [1.165, 1.54) is 25.3 Å². The van der Waals surface area contributed by atoms with Crippen LogP contribution in [0.4, 0.5) is 4.39 Å². The van der Waals surface area contributed by atoms with E-state index in [0.29, 0.717) is 11.8 Å². The highest BCUT2D eigenvalue weighted by molar-refractivity contribution is 9.10. The van der Waals surface area contributed by atoms with Crippen molar-refractivity contribution in [1.82, 2.24) is 5.32 Å². The Hall–Kier alpha value is -0.410. The van der Waals surface area contributed by atoms with E-state index in [1.54, 1.807) is 6.07 Å². The zero-order valence-corrected chi connectivity index (χ0v) is 14.3. The number of halogens is 2. The smallest absolute Gasteiger partial charge is 0.123 e. The Morgan fingerprint density at radius 1 is 1.25 bits per heavy atom. The Kier molecular flexibility index (Phi) is 5.25. The standard InChI is InChI=1S/C17H25BrFN/c1-17(2,3)20-11-13-6-4-5-12(13)9-14-10-15(19)7-8-16(14)18/h7-8,10,12-13,20H,4-6,9,11H2,1-3H3. The van der Waals surface area contributed by atoms with Gasteiger partial charge >= 0.3 is 0 Å². The number of nitrogens with one attached hydrogen (secondary N) is 1. The van der Waals surface area contributed by atoms with Crippen LogP contribution in [0.2, 0.25) is 0 Å². The molecule has 1 saturated carbocycles. The fourth-order valence-corrected chi connectivity index (χ4v) is 3.48. The van der Waals surface area contributed by atoms with E-state index in [9.17, 15) is 4.39 Å². The molecule has 0 heterocycles. The maximum absolute atomic E-state index is 13.4. The lowest BCUT2D eigenvalue weighted by Crippen LogP contribution is -2.40. The minimum Gasteiger partial charge on any atom is -0.312 e. The van der Waals surface area contributed by atoms with Gasteiger partial charge in [-0.15, -0.1) is 0 Å². The van der Waals surface area contributed by atoms with Gasteiger partial charge in [-0.05, 0) is 82.2 Å². The Balaban J connectivity index is 1.99. The van der Waals surface area contributed by atoms with E-state index in [4.69, 9.17) is 0 Å². The van der Waals surface area contributed by atoms with Crippen LogP contribution in [0, 0.1) is 17.7 Å². The van der Waals surface area contributed by atoms with Crippen LogP contribution in [0.15, 0.2) is 22.7 Å². The maximum atomic E-state index is 13.4. The van der Waals surface area contributed by atoms with Gasteiger partial charge in [0.25, 0.3) is 0 Å². The topological polar surface area (TPSA) is 12.0 Å². The van der Waals surface area contributed by atoms with Gasteiger partial charge in [0.2, 0.25) is 0 Å². The molecule has 1 aliphatic rings. The third-order valence-corrected chi connectivity index (χ3v) is 4.97. The molecule has 1 nitrogen and oxygen atoms in total. The molecular formula is C17H25BrFN. The van der Waals surface area contributed by atoms with E-state index in [2.05, 4.69) is 42.0 Å². The molecule has 0 spiro atoms. The molecule has 2 rings (SSSR count). The molecule has 2 unspecified atom stereocenters. The molecule has 1 aromatic rings. The summed E-state index contributed by atoms with van der Waals surface area (Å²) in [6.07, 6.45) is 4.84. The Morgan fingerprint density at radius 3 is 2.65 bits per heavy atom. The average Bonchev–Trinajstić information content (AvgIpc) is 2.78. The monoisotopic (exact) mass is 341 g/mol. The lowest BCUT2D eigenvalue weighted by atomic mass is 9.89. The van der Waals surface area contributed by atoms with Crippen molar-refractivity contribution in [2.24, 2.45) is 11.8 Å². The van der Waals surface area contributed by atoms with Crippen molar-refractivity contribution in [2.75, 3.05) is 6.54 Å². The second-order valence-electron chi connectivity index (χ2n) is 7.02. The first-order valence-electron chi connectivity index (χ1n) is 7.54. The van der Waals surface area contributed by atoms with Crippen LogP contribution in [0.5, 0.6) is 0 Å². The van der Waals surface area contributed by atoms with E-state index < -0.39 is 0 Å². The minimum atomic E-state index is -0.134. The molecule has 0 saturated heterocycles. The predicted molar refractivity (Wildman–Crippen MR) is 86.4 cm³/mol. The van der Waals surface area contributed by atoms with Crippen molar-refractivity contribution >= 4 is 15.9 Å². The molecule has 3 heteroatoms. The summed E-state index contributed by atoms with van der Waals surface area (Å²) in [5.74, 6) is 1.25. The van der Waals surface area contributed by atoms with Gasteiger partial charge < -0.3 is 5.32 Å². The Labute approximate surface area is 130 Å². The Bertz CT molecular complexity index is 453. The molecule has 20 heavy (non-hydrogen) atoms. The molecule has 0 aliphatic heterocycles. The zero-order chi connectivity index (χ0) is 14.8. The zero-order valence-electron chi connectivity index (χ0n) is 12.7.